The smallest absolute Gasteiger partial charge is 0.337 e. The average molecular weight is 268 g/mol. The molecule has 0 bridgehead atoms. The number of methoxy groups -OCH3 is 1. The summed E-state index contributed by atoms with van der Waals surface area (Å²) in [6.45, 7) is 1.47. The van der Waals surface area contributed by atoms with Gasteiger partial charge in [-0.05, 0) is 13.0 Å². The molecular weight excluding hydrogens is 256 g/mol. The molecule has 0 aliphatic heterocycles. The normalized spacial score (nSPS) is 11.7. The first-order chi connectivity index (χ1) is 8.86. The van der Waals surface area contributed by atoms with E-state index in [2.05, 4.69) is 5.32 Å². The molecule has 1 atom stereocenters. The molecule has 2 N–H and O–H groups in total. The number of hydrogen-bond donors (Lipinski definition) is 2. The van der Waals surface area contributed by atoms with Crippen molar-refractivity contribution < 1.29 is 24.4 Å². The zero-order valence-electron chi connectivity index (χ0n) is 10.2. The molecule has 1 aromatic rings. The summed E-state index contributed by atoms with van der Waals surface area (Å²) in [5, 5.41) is 21.9. The van der Waals surface area contributed by atoms with E-state index in [0.717, 1.165) is 18.2 Å². The number of nitrogens with zero attached hydrogens (tertiary/aromatic N) is 1. The molecule has 0 aromatic heterocycles. The number of anilines is 1. The summed E-state index contributed by atoms with van der Waals surface area (Å²) in [6.07, 6.45) is -0.805. The molecule has 1 rings (SSSR count). The van der Waals surface area contributed by atoms with Crippen molar-refractivity contribution in [2.24, 2.45) is 0 Å². The first kappa shape index (κ1) is 14.6. The maximum Gasteiger partial charge on any atom is 0.337 e. The highest BCUT2D eigenvalue weighted by Crippen LogP contribution is 2.23. The van der Waals surface area contributed by atoms with E-state index in [1.54, 1.807) is 0 Å². The fourth-order valence-electron chi connectivity index (χ4n) is 1.28. The third-order valence-corrected chi connectivity index (χ3v) is 2.43. The lowest BCUT2D eigenvalue weighted by molar-refractivity contribution is -0.384. The van der Waals surface area contributed by atoms with Crippen LogP contribution in [0.5, 0.6) is 0 Å². The van der Waals surface area contributed by atoms with Crippen LogP contribution in [0.2, 0.25) is 0 Å². The summed E-state index contributed by atoms with van der Waals surface area (Å²) in [7, 11) is 1.32. The van der Waals surface area contributed by atoms with Gasteiger partial charge in [0.15, 0.2) is 0 Å². The molecule has 8 heteroatoms. The van der Waals surface area contributed by atoms with Crippen molar-refractivity contribution in [1.29, 1.82) is 0 Å². The molecule has 1 unspecified atom stereocenters. The van der Waals surface area contributed by atoms with Crippen molar-refractivity contribution in [3.8, 4) is 0 Å². The van der Waals surface area contributed by atoms with Gasteiger partial charge < -0.3 is 15.2 Å². The summed E-state index contributed by atoms with van der Waals surface area (Å²) in [4.78, 5) is 32.5. The number of carboxylic acid groups (broad SMARTS) is 1. The lowest BCUT2D eigenvalue weighted by atomic mass is 10.1. The molecule has 102 valence electrons. The van der Waals surface area contributed by atoms with Crippen LogP contribution in [0.1, 0.15) is 17.3 Å². The standard InChI is InChI=1S/C11H12N2O6/c1-6(19-2)10(14)12-9-5-7(13(17)18)3-4-8(9)11(15)16/h3-6H,1-2H3,(H,12,14)(H,15,16). The van der Waals surface area contributed by atoms with Crippen LogP contribution >= 0.6 is 0 Å². The number of nitrogens with one attached hydrogen (secondary N) is 1. The number of benzene rings is 1. The lowest BCUT2D eigenvalue weighted by Crippen LogP contribution is -2.27. The highest BCUT2D eigenvalue weighted by Gasteiger charge is 2.19. The third-order valence-electron chi connectivity index (χ3n) is 2.43. The first-order valence-corrected chi connectivity index (χ1v) is 5.22. The SMILES string of the molecule is COC(C)C(=O)Nc1cc([N+](=O)[O-])ccc1C(=O)O. The van der Waals surface area contributed by atoms with E-state index in [1.807, 2.05) is 0 Å². The minimum atomic E-state index is -1.30. The maximum atomic E-state index is 11.6. The first-order valence-electron chi connectivity index (χ1n) is 5.22. The van der Waals surface area contributed by atoms with Crippen molar-refractivity contribution in [2.45, 2.75) is 13.0 Å². The molecule has 1 aromatic carbocycles. The second-order valence-corrected chi connectivity index (χ2v) is 3.66. The maximum absolute atomic E-state index is 11.6. The zero-order chi connectivity index (χ0) is 14.6. The zero-order valence-corrected chi connectivity index (χ0v) is 10.2. The minimum Gasteiger partial charge on any atom is -0.478 e. The van der Waals surface area contributed by atoms with Crippen molar-refractivity contribution >= 4 is 23.3 Å². The van der Waals surface area contributed by atoms with Gasteiger partial charge in [0.25, 0.3) is 11.6 Å². The quantitative estimate of drug-likeness (QED) is 0.613. The Hall–Kier alpha value is -2.48. The Bertz CT molecular complexity index is 528. The number of nitro groups is 1. The molecule has 19 heavy (non-hydrogen) atoms. The number of carbonyl (C=O) groups excluding carboxylic acids is 1. The molecule has 0 radical (unpaired) electrons. The van der Waals surface area contributed by atoms with Crippen molar-refractivity contribution in [3.05, 3.63) is 33.9 Å². The van der Waals surface area contributed by atoms with Crippen molar-refractivity contribution in [3.63, 3.8) is 0 Å². The molecule has 0 spiro atoms. The fraction of sp³-hybridized carbons (Fsp3) is 0.273. The van der Waals surface area contributed by atoms with E-state index in [0.29, 0.717) is 0 Å². The molecule has 0 heterocycles. The number of ether oxygens (including phenoxy) is 1. The second kappa shape index (κ2) is 5.91. The number of amides is 1. The molecular formula is C11H12N2O6. The Balaban J connectivity index is 3.14. The topological polar surface area (TPSA) is 119 Å². The van der Waals surface area contributed by atoms with E-state index >= 15 is 0 Å². The Kier molecular flexibility index (Phi) is 4.54. The lowest BCUT2D eigenvalue weighted by Gasteiger charge is -2.12. The van der Waals surface area contributed by atoms with E-state index in [1.165, 1.54) is 14.0 Å². The van der Waals surface area contributed by atoms with Gasteiger partial charge in [0.2, 0.25) is 0 Å². The molecule has 0 saturated carbocycles. The minimum absolute atomic E-state index is 0.143. The monoisotopic (exact) mass is 268 g/mol. The number of hydrogen-bond acceptors (Lipinski definition) is 5. The van der Waals surface area contributed by atoms with Gasteiger partial charge in [-0.25, -0.2) is 4.79 Å². The molecule has 0 aliphatic rings. The Labute approximate surface area is 108 Å². The van der Waals surface area contributed by atoms with E-state index in [-0.39, 0.29) is 16.9 Å². The number of aromatic carboxylic acids is 1. The summed E-state index contributed by atoms with van der Waals surface area (Å²) >= 11 is 0. The number of non-ortho nitro benzene ring substituents is 1. The number of carboxylic acids is 1. The van der Waals surface area contributed by atoms with E-state index in [9.17, 15) is 19.7 Å². The van der Waals surface area contributed by atoms with Crippen molar-refractivity contribution in [1.82, 2.24) is 0 Å². The van der Waals surface area contributed by atoms with Gasteiger partial charge in [0.05, 0.1) is 16.2 Å². The van der Waals surface area contributed by atoms with Crippen LogP contribution in [-0.4, -0.2) is 35.1 Å². The summed E-state index contributed by atoms with van der Waals surface area (Å²) in [5.41, 5.74) is -0.691. The Morgan fingerprint density at radius 2 is 2.11 bits per heavy atom. The molecule has 0 saturated heterocycles. The predicted molar refractivity (Wildman–Crippen MR) is 65.2 cm³/mol. The van der Waals surface area contributed by atoms with Gasteiger partial charge in [0, 0.05) is 19.2 Å². The third kappa shape index (κ3) is 3.49. The van der Waals surface area contributed by atoms with Gasteiger partial charge in [0.1, 0.15) is 6.10 Å². The average Bonchev–Trinajstić information content (AvgIpc) is 2.37. The van der Waals surface area contributed by atoms with Crippen molar-refractivity contribution in [2.75, 3.05) is 12.4 Å². The number of carbonyl (C=O) groups is 2. The largest absolute Gasteiger partial charge is 0.478 e. The van der Waals surface area contributed by atoms with Crippen LogP contribution in [0.3, 0.4) is 0 Å². The highest BCUT2D eigenvalue weighted by atomic mass is 16.6. The van der Waals surface area contributed by atoms with E-state index < -0.39 is 22.9 Å². The molecule has 1 amide bonds. The van der Waals surface area contributed by atoms with Crippen LogP contribution in [0, 0.1) is 10.1 Å². The van der Waals surface area contributed by atoms with Crippen LogP contribution in [-0.2, 0) is 9.53 Å². The summed E-state index contributed by atoms with van der Waals surface area (Å²) in [5.74, 6) is -1.89. The molecule has 0 fully saturated rings. The number of rotatable bonds is 5. The van der Waals surface area contributed by atoms with Crippen LogP contribution in [0.15, 0.2) is 18.2 Å². The van der Waals surface area contributed by atoms with E-state index in [4.69, 9.17) is 9.84 Å². The summed E-state index contributed by atoms with van der Waals surface area (Å²) < 4.78 is 4.77. The van der Waals surface area contributed by atoms with Gasteiger partial charge >= 0.3 is 5.97 Å². The van der Waals surface area contributed by atoms with Gasteiger partial charge in [-0.3, -0.25) is 14.9 Å². The van der Waals surface area contributed by atoms with Crippen LogP contribution in [0.25, 0.3) is 0 Å². The van der Waals surface area contributed by atoms with Gasteiger partial charge in [-0.2, -0.15) is 0 Å². The molecule has 0 aliphatic carbocycles. The predicted octanol–water partition coefficient (Wildman–Crippen LogP) is 1.27. The second-order valence-electron chi connectivity index (χ2n) is 3.66. The fourth-order valence-corrected chi connectivity index (χ4v) is 1.28. The van der Waals surface area contributed by atoms with Gasteiger partial charge in [-0.15, -0.1) is 0 Å². The molecule has 8 nitrogen and oxygen atoms in total. The number of nitro benzene ring substituents is 1. The highest BCUT2D eigenvalue weighted by molar-refractivity contribution is 6.02. The Morgan fingerprint density at radius 3 is 2.58 bits per heavy atom. The van der Waals surface area contributed by atoms with Crippen LogP contribution < -0.4 is 5.32 Å². The Morgan fingerprint density at radius 1 is 1.47 bits per heavy atom. The van der Waals surface area contributed by atoms with Gasteiger partial charge in [-0.1, -0.05) is 0 Å². The van der Waals surface area contributed by atoms with Crippen LogP contribution in [0.4, 0.5) is 11.4 Å². The summed E-state index contributed by atoms with van der Waals surface area (Å²) in [6, 6.07) is 3.11.